The van der Waals surface area contributed by atoms with Crippen LogP contribution >= 0.6 is 0 Å². The van der Waals surface area contributed by atoms with Gasteiger partial charge in [-0.25, -0.2) is 4.98 Å². The summed E-state index contributed by atoms with van der Waals surface area (Å²) in [6, 6.07) is 7.77. The monoisotopic (exact) mass is 258 g/mol. The van der Waals surface area contributed by atoms with Crippen molar-refractivity contribution >= 4 is 10.9 Å². The fraction of sp³-hybridized carbons (Fsp3) is 0.400. The molecule has 1 aromatic carbocycles. The second-order valence-electron chi connectivity index (χ2n) is 4.98. The van der Waals surface area contributed by atoms with Gasteiger partial charge in [0.25, 0.3) is 0 Å². The van der Waals surface area contributed by atoms with Gasteiger partial charge in [0.2, 0.25) is 0 Å². The van der Waals surface area contributed by atoms with Gasteiger partial charge in [0, 0.05) is 30.7 Å². The van der Waals surface area contributed by atoms with Crippen molar-refractivity contribution in [3.8, 4) is 5.75 Å². The highest BCUT2D eigenvalue weighted by atomic mass is 16.5. The predicted octanol–water partition coefficient (Wildman–Crippen LogP) is 2.08. The van der Waals surface area contributed by atoms with Crippen LogP contribution in [0.1, 0.15) is 11.3 Å². The number of hydrogen-bond acceptors (Lipinski definition) is 4. The van der Waals surface area contributed by atoms with Crippen molar-refractivity contribution < 1.29 is 9.84 Å². The molecule has 19 heavy (non-hydrogen) atoms. The summed E-state index contributed by atoms with van der Waals surface area (Å²) in [5.74, 6) is 0.254. The van der Waals surface area contributed by atoms with Crippen LogP contribution in [0.4, 0.5) is 0 Å². The number of ether oxygens (including phenoxy) is 1. The molecule has 1 N–H and O–H groups in total. The lowest BCUT2D eigenvalue weighted by atomic mass is 10.1. The topological polar surface area (TPSA) is 45.6 Å². The Bertz CT molecular complexity index is 592. The summed E-state index contributed by atoms with van der Waals surface area (Å²) >= 11 is 0. The minimum Gasteiger partial charge on any atom is -0.506 e. The summed E-state index contributed by atoms with van der Waals surface area (Å²) < 4.78 is 5.37. The fourth-order valence-corrected chi connectivity index (χ4v) is 2.50. The molecule has 0 aliphatic carbocycles. The molecule has 4 heteroatoms. The summed E-state index contributed by atoms with van der Waals surface area (Å²) in [5.41, 5.74) is 2.83. The summed E-state index contributed by atoms with van der Waals surface area (Å²) in [5, 5.41) is 11.0. The lowest BCUT2D eigenvalue weighted by Crippen LogP contribution is -2.35. The molecule has 1 aromatic heterocycles. The Morgan fingerprint density at radius 3 is 2.79 bits per heavy atom. The first-order chi connectivity index (χ1) is 9.24. The summed E-state index contributed by atoms with van der Waals surface area (Å²) in [7, 11) is 0. The number of aromatic hydroxyl groups is 1. The first kappa shape index (κ1) is 12.4. The molecule has 0 amide bonds. The van der Waals surface area contributed by atoms with Gasteiger partial charge in [0.05, 0.1) is 13.2 Å². The van der Waals surface area contributed by atoms with Gasteiger partial charge in [0.15, 0.2) is 0 Å². The van der Waals surface area contributed by atoms with E-state index in [-0.39, 0.29) is 5.75 Å². The van der Waals surface area contributed by atoms with Gasteiger partial charge in [-0.15, -0.1) is 0 Å². The second-order valence-corrected chi connectivity index (χ2v) is 4.98. The number of benzene rings is 1. The van der Waals surface area contributed by atoms with E-state index in [2.05, 4.69) is 9.88 Å². The second kappa shape index (κ2) is 5.15. The molecular formula is C15H18N2O2. The van der Waals surface area contributed by atoms with Gasteiger partial charge < -0.3 is 9.84 Å². The Balaban J connectivity index is 1.96. The van der Waals surface area contributed by atoms with Gasteiger partial charge in [-0.3, -0.25) is 4.90 Å². The Labute approximate surface area is 112 Å². The van der Waals surface area contributed by atoms with E-state index in [0.29, 0.717) is 5.52 Å². The van der Waals surface area contributed by atoms with Crippen LogP contribution in [0, 0.1) is 6.92 Å². The molecule has 1 saturated heterocycles. The lowest BCUT2D eigenvalue weighted by Gasteiger charge is -2.27. The highest BCUT2D eigenvalue weighted by molar-refractivity contribution is 5.87. The molecule has 100 valence electrons. The Morgan fingerprint density at radius 1 is 1.21 bits per heavy atom. The van der Waals surface area contributed by atoms with Crippen LogP contribution in [0.2, 0.25) is 0 Å². The van der Waals surface area contributed by atoms with E-state index in [4.69, 9.17) is 4.74 Å². The Kier molecular flexibility index (Phi) is 3.36. The number of phenols is 1. The molecule has 2 heterocycles. The molecule has 1 fully saturated rings. The molecular weight excluding hydrogens is 240 g/mol. The Hall–Kier alpha value is -1.65. The molecule has 0 bridgehead atoms. The zero-order chi connectivity index (χ0) is 13.2. The normalized spacial score (nSPS) is 16.9. The molecule has 4 nitrogen and oxygen atoms in total. The molecule has 0 radical (unpaired) electrons. The minimum atomic E-state index is 0.254. The standard InChI is InChI=1S/C15H18N2O2/c1-11-2-4-13-12(3-5-14(18)15(13)16-11)10-17-6-8-19-9-7-17/h2-5,18H,6-10H2,1H3. The van der Waals surface area contributed by atoms with Crippen molar-refractivity contribution in [3.63, 3.8) is 0 Å². The van der Waals surface area contributed by atoms with Crippen LogP contribution in [0.5, 0.6) is 5.75 Å². The van der Waals surface area contributed by atoms with Crippen LogP contribution in [-0.4, -0.2) is 41.3 Å². The van der Waals surface area contributed by atoms with Crippen molar-refractivity contribution in [2.24, 2.45) is 0 Å². The van der Waals surface area contributed by atoms with Gasteiger partial charge in [-0.05, 0) is 24.6 Å². The number of aryl methyl sites for hydroxylation is 1. The molecule has 1 aliphatic rings. The van der Waals surface area contributed by atoms with Gasteiger partial charge in [-0.2, -0.15) is 0 Å². The van der Waals surface area contributed by atoms with Crippen molar-refractivity contribution in [1.82, 2.24) is 9.88 Å². The van der Waals surface area contributed by atoms with E-state index in [1.165, 1.54) is 5.56 Å². The molecule has 0 unspecified atom stereocenters. The molecule has 1 aliphatic heterocycles. The predicted molar refractivity (Wildman–Crippen MR) is 74.2 cm³/mol. The van der Waals surface area contributed by atoms with E-state index in [0.717, 1.165) is 43.9 Å². The highest BCUT2D eigenvalue weighted by Crippen LogP contribution is 2.27. The van der Waals surface area contributed by atoms with E-state index in [1.807, 2.05) is 25.1 Å². The number of morpholine rings is 1. The molecule has 2 aromatic rings. The van der Waals surface area contributed by atoms with E-state index < -0.39 is 0 Å². The van der Waals surface area contributed by atoms with E-state index in [9.17, 15) is 5.11 Å². The van der Waals surface area contributed by atoms with Crippen LogP contribution in [-0.2, 0) is 11.3 Å². The molecule has 3 rings (SSSR count). The van der Waals surface area contributed by atoms with Crippen molar-refractivity contribution in [2.45, 2.75) is 13.5 Å². The molecule has 0 saturated carbocycles. The van der Waals surface area contributed by atoms with E-state index >= 15 is 0 Å². The number of aromatic nitrogens is 1. The zero-order valence-corrected chi connectivity index (χ0v) is 11.1. The van der Waals surface area contributed by atoms with E-state index in [1.54, 1.807) is 6.07 Å². The number of pyridine rings is 1. The maximum atomic E-state index is 9.93. The number of rotatable bonds is 2. The number of fused-ring (bicyclic) bond motifs is 1. The Morgan fingerprint density at radius 2 is 2.00 bits per heavy atom. The maximum Gasteiger partial charge on any atom is 0.141 e. The SMILES string of the molecule is Cc1ccc2c(CN3CCOCC3)ccc(O)c2n1. The summed E-state index contributed by atoms with van der Waals surface area (Å²) in [4.78, 5) is 6.81. The summed E-state index contributed by atoms with van der Waals surface area (Å²) in [6.07, 6.45) is 0. The van der Waals surface area contributed by atoms with Gasteiger partial charge in [-0.1, -0.05) is 12.1 Å². The van der Waals surface area contributed by atoms with Gasteiger partial charge in [0.1, 0.15) is 11.3 Å². The minimum absolute atomic E-state index is 0.254. The first-order valence-corrected chi connectivity index (χ1v) is 6.62. The average Bonchev–Trinajstić information content (AvgIpc) is 2.43. The third-order valence-electron chi connectivity index (χ3n) is 3.56. The fourth-order valence-electron chi connectivity index (χ4n) is 2.50. The lowest BCUT2D eigenvalue weighted by molar-refractivity contribution is 0.0343. The third kappa shape index (κ3) is 2.55. The quantitative estimate of drug-likeness (QED) is 0.896. The van der Waals surface area contributed by atoms with Crippen LogP contribution in [0.3, 0.4) is 0 Å². The first-order valence-electron chi connectivity index (χ1n) is 6.62. The van der Waals surface area contributed by atoms with Crippen molar-refractivity contribution in [2.75, 3.05) is 26.3 Å². The van der Waals surface area contributed by atoms with Crippen LogP contribution < -0.4 is 0 Å². The maximum absolute atomic E-state index is 9.93. The number of nitrogens with zero attached hydrogens (tertiary/aromatic N) is 2. The summed E-state index contributed by atoms with van der Waals surface area (Å²) in [6.45, 7) is 6.34. The van der Waals surface area contributed by atoms with Gasteiger partial charge >= 0.3 is 0 Å². The largest absolute Gasteiger partial charge is 0.506 e. The zero-order valence-electron chi connectivity index (χ0n) is 11.1. The number of hydrogen-bond donors (Lipinski definition) is 1. The molecule has 0 spiro atoms. The van der Waals surface area contributed by atoms with Crippen LogP contribution in [0.15, 0.2) is 24.3 Å². The van der Waals surface area contributed by atoms with Crippen molar-refractivity contribution in [3.05, 3.63) is 35.5 Å². The van der Waals surface area contributed by atoms with Crippen molar-refractivity contribution in [1.29, 1.82) is 0 Å². The molecule has 0 atom stereocenters. The highest BCUT2D eigenvalue weighted by Gasteiger charge is 2.13. The van der Waals surface area contributed by atoms with Crippen LogP contribution in [0.25, 0.3) is 10.9 Å². The third-order valence-corrected chi connectivity index (χ3v) is 3.56. The smallest absolute Gasteiger partial charge is 0.141 e. The average molecular weight is 258 g/mol. The number of phenolic OH excluding ortho intramolecular Hbond substituents is 1.